The number of aryl methyl sites for hydroxylation is 1. The van der Waals surface area contributed by atoms with E-state index in [0.29, 0.717) is 17.3 Å². The van der Waals surface area contributed by atoms with Gasteiger partial charge in [0.05, 0.1) is 16.6 Å². The lowest BCUT2D eigenvalue weighted by Gasteiger charge is -2.17. The summed E-state index contributed by atoms with van der Waals surface area (Å²) in [5, 5.41) is 0.667. The van der Waals surface area contributed by atoms with Crippen LogP contribution < -0.4 is 0 Å². The fourth-order valence-electron chi connectivity index (χ4n) is 2.60. The fraction of sp³-hybridized carbons (Fsp3) is 0.250. The molecule has 3 aromatic rings. The third-order valence-corrected chi connectivity index (χ3v) is 4.11. The molecule has 0 aliphatic rings. The summed E-state index contributed by atoms with van der Waals surface area (Å²) in [6, 6.07) is 9.99. The number of pyridine rings is 1. The van der Waals surface area contributed by atoms with E-state index in [4.69, 9.17) is 23.2 Å². The van der Waals surface area contributed by atoms with Crippen LogP contribution in [0.1, 0.15) is 24.4 Å². The van der Waals surface area contributed by atoms with E-state index in [2.05, 4.69) is 27.5 Å². The molecule has 108 valence electrons. The van der Waals surface area contributed by atoms with Gasteiger partial charge in [-0.05, 0) is 30.7 Å². The van der Waals surface area contributed by atoms with E-state index < -0.39 is 0 Å². The minimum atomic E-state index is 0.125. The van der Waals surface area contributed by atoms with Crippen molar-refractivity contribution in [3.05, 3.63) is 59.1 Å². The van der Waals surface area contributed by atoms with Crippen molar-refractivity contribution in [1.82, 2.24) is 14.5 Å². The number of rotatable bonds is 4. The van der Waals surface area contributed by atoms with Gasteiger partial charge in [0.1, 0.15) is 11.3 Å². The zero-order valence-corrected chi connectivity index (χ0v) is 13.1. The van der Waals surface area contributed by atoms with Crippen molar-refractivity contribution in [3.63, 3.8) is 0 Å². The first kappa shape index (κ1) is 14.4. The van der Waals surface area contributed by atoms with Gasteiger partial charge in [0.15, 0.2) is 0 Å². The van der Waals surface area contributed by atoms with Gasteiger partial charge in [-0.25, -0.2) is 4.98 Å². The second-order valence-corrected chi connectivity index (χ2v) is 5.69. The van der Waals surface area contributed by atoms with E-state index in [-0.39, 0.29) is 6.04 Å². The molecule has 2 aromatic heterocycles. The molecule has 1 unspecified atom stereocenters. The zero-order valence-electron chi connectivity index (χ0n) is 11.6. The van der Waals surface area contributed by atoms with Gasteiger partial charge in [0, 0.05) is 24.7 Å². The van der Waals surface area contributed by atoms with Crippen LogP contribution in [0.2, 0.25) is 5.02 Å². The summed E-state index contributed by atoms with van der Waals surface area (Å²) in [4.78, 5) is 8.88. The van der Waals surface area contributed by atoms with Crippen molar-refractivity contribution >= 4 is 34.2 Å². The van der Waals surface area contributed by atoms with E-state index in [9.17, 15) is 0 Å². The predicted octanol–water partition coefficient (Wildman–Crippen LogP) is 4.48. The van der Waals surface area contributed by atoms with E-state index in [1.165, 1.54) is 0 Å². The average molecular weight is 320 g/mol. The summed E-state index contributed by atoms with van der Waals surface area (Å²) in [6.07, 6.45) is 4.36. The lowest BCUT2D eigenvalue weighted by Crippen LogP contribution is -2.11. The third kappa shape index (κ3) is 2.63. The quantitative estimate of drug-likeness (QED) is 0.664. The molecule has 0 saturated carbocycles. The molecule has 5 heteroatoms. The van der Waals surface area contributed by atoms with Crippen LogP contribution in [0.5, 0.6) is 0 Å². The van der Waals surface area contributed by atoms with Crippen molar-refractivity contribution in [1.29, 1.82) is 0 Å². The molecule has 0 bridgehead atoms. The normalized spacial score (nSPS) is 12.7. The van der Waals surface area contributed by atoms with Crippen molar-refractivity contribution < 1.29 is 0 Å². The standard InChI is InChI=1S/C16H15Cl2N3/c1-11(12-4-3-9-19-10-12)21-14-6-2-5-13(18)16(14)20-15(21)7-8-17/h2-6,9-11H,7-8H2,1H3. The monoisotopic (exact) mass is 319 g/mol. The van der Waals surface area contributed by atoms with Gasteiger partial charge in [-0.2, -0.15) is 0 Å². The molecule has 3 nitrogen and oxygen atoms in total. The first-order valence-electron chi connectivity index (χ1n) is 6.83. The average Bonchev–Trinajstić information content (AvgIpc) is 2.87. The Bertz CT molecular complexity index is 753. The SMILES string of the molecule is CC(c1cccnc1)n1c(CCCl)nc2c(Cl)cccc21. The number of fused-ring (bicyclic) bond motifs is 1. The molecule has 0 N–H and O–H groups in total. The number of halogens is 2. The molecular formula is C16H15Cl2N3. The number of nitrogens with zero attached hydrogens (tertiary/aromatic N) is 3. The van der Waals surface area contributed by atoms with Gasteiger partial charge >= 0.3 is 0 Å². The molecule has 1 atom stereocenters. The lowest BCUT2D eigenvalue weighted by atomic mass is 10.1. The Labute approximate surface area is 133 Å². The highest BCUT2D eigenvalue weighted by atomic mass is 35.5. The van der Waals surface area contributed by atoms with Gasteiger partial charge in [-0.3, -0.25) is 4.98 Å². The molecule has 0 fully saturated rings. The van der Waals surface area contributed by atoms with Crippen LogP contribution in [-0.4, -0.2) is 20.4 Å². The van der Waals surface area contributed by atoms with E-state index in [0.717, 1.165) is 22.4 Å². The molecule has 0 radical (unpaired) electrons. The topological polar surface area (TPSA) is 30.7 Å². The number of aromatic nitrogens is 3. The molecule has 0 spiro atoms. The van der Waals surface area contributed by atoms with Gasteiger partial charge < -0.3 is 4.57 Å². The summed E-state index contributed by atoms with van der Waals surface area (Å²) in [7, 11) is 0. The van der Waals surface area contributed by atoms with Crippen LogP contribution in [0.4, 0.5) is 0 Å². The van der Waals surface area contributed by atoms with Crippen LogP contribution in [0.3, 0.4) is 0 Å². The van der Waals surface area contributed by atoms with Crippen molar-refractivity contribution in [2.75, 3.05) is 5.88 Å². The number of hydrogen-bond donors (Lipinski definition) is 0. The van der Waals surface area contributed by atoms with Crippen molar-refractivity contribution in [2.24, 2.45) is 0 Å². The first-order valence-corrected chi connectivity index (χ1v) is 7.75. The largest absolute Gasteiger partial charge is 0.320 e. The predicted molar refractivity (Wildman–Crippen MR) is 87.2 cm³/mol. The molecule has 0 saturated heterocycles. The van der Waals surface area contributed by atoms with E-state index >= 15 is 0 Å². The van der Waals surface area contributed by atoms with Crippen LogP contribution in [0.25, 0.3) is 11.0 Å². The molecule has 3 rings (SSSR count). The third-order valence-electron chi connectivity index (χ3n) is 3.62. The van der Waals surface area contributed by atoms with Crippen LogP contribution in [-0.2, 0) is 6.42 Å². The number of alkyl halides is 1. The maximum Gasteiger partial charge on any atom is 0.111 e. The highest BCUT2D eigenvalue weighted by Crippen LogP contribution is 2.29. The van der Waals surface area contributed by atoms with Crippen LogP contribution in [0.15, 0.2) is 42.7 Å². The highest BCUT2D eigenvalue weighted by Gasteiger charge is 2.18. The summed E-state index contributed by atoms with van der Waals surface area (Å²) in [5.41, 5.74) is 2.99. The number of para-hydroxylation sites is 1. The first-order chi connectivity index (χ1) is 10.2. The van der Waals surface area contributed by atoms with Gasteiger partial charge in [-0.1, -0.05) is 23.7 Å². The summed E-state index contributed by atoms with van der Waals surface area (Å²) >= 11 is 12.2. The molecule has 0 amide bonds. The smallest absolute Gasteiger partial charge is 0.111 e. The minimum Gasteiger partial charge on any atom is -0.320 e. The van der Waals surface area contributed by atoms with Gasteiger partial charge in [0.2, 0.25) is 0 Å². The number of imidazole rings is 1. The summed E-state index contributed by atoms with van der Waals surface area (Å²) in [5.74, 6) is 1.48. The van der Waals surface area contributed by atoms with Crippen LogP contribution >= 0.6 is 23.2 Å². The Hall–Kier alpha value is -1.58. The van der Waals surface area contributed by atoms with Gasteiger partial charge in [-0.15, -0.1) is 11.6 Å². The second-order valence-electron chi connectivity index (χ2n) is 4.91. The molecule has 2 heterocycles. The van der Waals surface area contributed by atoms with Crippen molar-refractivity contribution in [3.8, 4) is 0 Å². The maximum absolute atomic E-state index is 6.27. The second kappa shape index (κ2) is 6.04. The fourth-order valence-corrected chi connectivity index (χ4v) is 2.98. The summed E-state index contributed by atoms with van der Waals surface area (Å²) in [6.45, 7) is 2.14. The lowest BCUT2D eigenvalue weighted by molar-refractivity contribution is 0.621. The highest BCUT2D eigenvalue weighted by molar-refractivity contribution is 6.34. The number of hydrogen-bond acceptors (Lipinski definition) is 2. The Kier molecular flexibility index (Phi) is 4.13. The zero-order chi connectivity index (χ0) is 14.8. The minimum absolute atomic E-state index is 0.125. The van der Waals surface area contributed by atoms with E-state index in [1.54, 1.807) is 6.20 Å². The number of benzene rings is 1. The van der Waals surface area contributed by atoms with E-state index in [1.807, 2.05) is 30.5 Å². The van der Waals surface area contributed by atoms with Crippen molar-refractivity contribution in [2.45, 2.75) is 19.4 Å². The molecule has 0 aliphatic heterocycles. The molecule has 1 aromatic carbocycles. The maximum atomic E-state index is 6.27. The molecular weight excluding hydrogens is 305 g/mol. The Morgan fingerprint density at radius 3 is 2.81 bits per heavy atom. The Morgan fingerprint density at radius 2 is 2.10 bits per heavy atom. The Morgan fingerprint density at radius 1 is 1.24 bits per heavy atom. The Balaban J connectivity index is 2.20. The molecule has 0 aliphatic carbocycles. The molecule has 21 heavy (non-hydrogen) atoms. The van der Waals surface area contributed by atoms with Crippen LogP contribution in [0, 0.1) is 0 Å². The summed E-state index contributed by atoms with van der Waals surface area (Å²) < 4.78 is 2.20. The van der Waals surface area contributed by atoms with Gasteiger partial charge in [0.25, 0.3) is 0 Å².